The number of fused-ring (bicyclic) bond motifs is 1. The third kappa shape index (κ3) is 1.25. The summed E-state index contributed by atoms with van der Waals surface area (Å²) in [4.78, 5) is 13.2. The van der Waals surface area contributed by atoms with Gasteiger partial charge in [-0.2, -0.15) is 0 Å². The molecule has 1 aromatic carbocycles. The van der Waals surface area contributed by atoms with E-state index in [9.17, 15) is 4.79 Å². The number of carbonyl (C=O) groups is 1. The molecule has 0 spiro atoms. The molecule has 3 nitrogen and oxygen atoms in total. The molecule has 0 aliphatic carbocycles. The van der Waals surface area contributed by atoms with Gasteiger partial charge in [-0.25, -0.2) is 0 Å². The molecule has 1 atom stereocenters. The van der Waals surface area contributed by atoms with Crippen molar-refractivity contribution < 1.29 is 4.79 Å². The predicted molar refractivity (Wildman–Crippen MR) is 57.2 cm³/mol. The van der Waals surface area contributed by atoms with Crippen molar-refractivity contribution in [2.75, 3.05) is 10.6 Å². The Labute approximate surface area is 83.5 Å². The fraction of sp³-hybridized carbons (Fsp3) is 0.364. The molecule has 0 unspecified atom stereocenters. The third-order valence-corrected chi connectivity index (χ3v) is 2.66. The Balaban J connectivity index is 2.48. The Hall–Kier alpha value is -1.51. The Morgan fingerprint density at radius 3 is 2.93 bits per heavy atom. The van der Waals surface area contributed by atoms with Crippen LogP contribution in [0.25, 0.3) is 0 Å². The SMILES string of the molecule is CC(=O)N1c2ccc(N)cc2C[C@H]1C. The smallest absolute Gasteiger partial charge is 0.224 e. The highest BCUT2D eigenvalue weighted by Gasteiger charge is 2.28. The first-order valence-electron chi connectivity index (χ1n) is 4.78. The number of hydrogen-bond acceptors (Lipinski definition) is 2. The summed E-state index contributed by atoms with van der Waals surface area (Å²) in [6.45, 7) is 3.65. The van der Waals surface area contributed by atoms with Crippen molar-refractivity contribution in [3.63, 3.8) is 0 Å². The van der Waals surface area contributed by atoms with E-state index in [0.717, 1.165) is 17.8 Å². The monoisotopic (exact) mass is 190 g/mol. The lowest BCUT2D eigenvalue weighted by atomic mass is 10.1. The number of rotatable bonds is 0. The van der Waals surface area contributed by atoms with Gasteiger partial charge in [-0.1, -0.05) is 0 Å². The molecule has 0 aromatic heterocycles. The highest BCUT2D eigenvalue weighted by molar-refractivity contribution is 5.94. The minimum Gasteiger partial charge on any atom is -0.399 e. The molecule has 0 saturated heterocycles. The average Bonchev–Trinajstić information content (AvgIpc) is 2.39. The van der Waals surface area contributed by atoms with Crippen LogP contribution in [0.3, 0.4) is 0 Å². The van der Waals surface area contributed by atoms with Crippen LogP contribution < -0.4 is 10.6 Å². The molecular formula is C11H14N2O. The maximum absolute atomic E-state index is 11.4. The first-order chi connectivity index (χ1) is 6.59. The second-order valence-electron chi connectivity index (χ2n) is 3.83. The lowest BCUT2D eigenvalue weighted by Crippen LogP contribution is -2.33. The van der Waals surface area contributed by atoms with Crippen LogP contribution >= 0.6 is 0 Å². The summed E-state index contributed by atoms with van der Waals surface area (Å²) in [5, 5.41) is 0. The number of amides is 1. The zero-order valence-electron chi connectivity index (χ0n) is 8.45. The van der Waals surface area contributed by atoms with Crippen LogP contribution in [0.5, 0.6) is 0 Å². The molecule has 1 amide bonds. The Kier molecular flexibility index (Phi) is 1.95. The maximum atomic E-state index is 11.4. The quantitative estimate of drug-likeness (QED) is 0.631. The van der Waals surface area contributed by atoms with Gasteiger partial charge in [0.15, 0.2) is 0 Å². The Bertz CT molecular complexity index is 387. The molecule has 0 radical (unpaired) electrons. The zero-order chi connectivity index (χ0) is 10.3. The van der Waals surface area contributed by atoms with Crippen LogP contribution in [-0.2, 0) is 11.2 Å². The molecule has 74 valence electrons. The summed E-state index contributed by atoms with van der Waals surface area (Å²) >= 11 is 0. The van der Waals surface area contributed by atoms with Gasteiger partial charge in [-0.3, -0.25) is 4.79 Å². The molecule has 2 rings (SSSR count). The largest absolute Gasteiger partial charge is 0.399 e. The normalized spacial score (nSPS) is 19.6. The summed E-state index contributed by atoms with van der Waals surface area (Å²) in [5.41, 5.74) is 8.65. The molecule has 2 N–H and O–H groups in total. The maximum Gasteiger partial charge on any atom is 0.224 e. The molecule has 1 heterocycles. The molecule has 1 aliphatic rings. The Morgan fingerprint density at radius 2 is 2.29 bits per heavy atom. The van der Waals surface area contributed by atoms with Crippen LogP contribution in [0.2, 0.25) is 0 Å². The van der Waals surface area contributed by atoms with Gasteiger partial charge in [-0.15, -0.1) is 0 Å². The van der Waals surface area contributed by atoms with E-state index in [2.05, 4.69) is 6.92 Å². The number of benzene rings is 1. The van der Waals surface area contributed by atoms with Gasteiger partial charge in [0.2, 0.25) is 5.91 Å². The van der Waals surface area contributed by atoms with Gasteiger partial charge in [0.1, 0.15) is 0 Å². The first-order valence-corrected chi connectivity index (χ1v) is 4.78. The van der Waals surface area contributed by atoms with E-state index in [4.69, 9.17) is 5.73 Å². The van der Waals surface area contributed by atoms with E-state index in [-0.39, 0.29) is 11.9 Å². The predicted octanol–water partition coefficient (Wildman–Crippen LogP) is 1.57. The average molecular weight is 190 g/mol. The molecule has 0 fully saturated rings. The molecule has 1 aliphatic heterocycles. The molecule has 14 heavy (non-hydrogen) atoms. The highest BCUT2D eigenvalue weighted by Crippen LogP contribution is 2.33. The van der Waals surface area contributed by atoms with Crippen molar-refractivity contribution in [2.24, 2.45) is 0 Å². The van der Waals surface area contributed by atoms with E-state index in [0.29, 0.717) is 0 Å². The van der Waals surface area contributed by atoms with Crippen LogP contribution in [-0.4, -0.2) is 11.9 Å². The third-order valence-electron chi connectivity index (χ3n) is 2.66. The lowest BCUT2D eigenvalue weighted by molar-refractivity contribution is -0.116. The number of hydrogen-bond donors (Lipinski definition) is 1. The molecule has 3 heteroatoms. The standard InChI is InChI=1S/C11H14N2O/c1-7-5-9-6-10(12)3-4-11(9)13(7)8(2)14/h3-4,6-7H,5,12H2,1-2H3/t7-/m1/s1. The highest BCUT2D eigenvalue weighted by atomic mass is 16.2. The second-order valence-corrected chi connectivity index (χ2v) is 3.83. The number of nitrogens with two attached hydrogens (primary N) is 1. The van der Waals surface area contributed by atoms with E-state index in [1.54, 1.807) is 6.92 Å². The summed E-state index contributed by atoms with van der Waals surface area (Å²) in [7, 11) is 0. The van der Waals surface area contributed by atoms with Gasteiger partial charge in [0.25, 0.3) is 0 Å². The number of anilines is 2. The van der Waals surface area contributed by atoms with Gasteiger partial charge in [-0.05, 0) is 37.1 Å². The summed E-state index contributed by atoms with van der Waals surface area (Å²) < 4.78 is 0. The zero-order valence-corrected chi connectivity index (χ0v) is 8.45. The summed E-state index contributed by atoms with van der Waals surface area (Å²) in [5.74, 6) is 0.0982. The number of nitrogen functional groups attached to an aromatic ring is 1. The minimum absolute atomic E-state index is 0.0982. The fourth-order valence-corrected chi connectivity index (χ4v) is 2.13. The van der Waals surface area contributed by atoms with E-state index in [1.807, 2.05) is 23.1 Å². The van der Waals surface area contributed by atoms with Gasteiger partial charge in [0, 0.05) is 24.3 Å². The van der Waals surface area contributed by atoms with Crippen LogP contribution in [0.4, 0.5) is 11.4 Å². The molecule has 0 bridgehead atoms. The molecular weight excluding hydrogens is 176 g/mol. The van der Waals surface area contributed by atoms with E-state index >= 15 is 0 Å². The van der Waals surface area contributed by atoms with Crippen LogP contribution in [0.15, 0.2) is 18.2 Å². The van der Waals surface area contributed by atoms with Gasteiger partial charge in [0.05, 0.1) is 0 Å². The van der Waals surface area contributed by atoms with Crippen LogP contribution in [0.1, 0.15) is 19.4 Å². The van der Waals surface area contributed by atoms with Crippen molar-refractivity contribution in [1.82, 2.24) is 0 Å². The Morgan fingerprint density at radius 1 is 1.57 bits per heavy atom. The second kappa shape index (κ2) is 3.01. The van der Waals surface area contributed by atoms with E-state index in [1.165, 1.54) is 5.56 Å². The first kappa shape index (κ1) is 9.06. The van der Waals surface area contributed by atoms with Crippen molar-refractivity contribution in [3.05, 3.63) is 23.8 Å². The van der Waals surface area contributed by atoms with E-state index < -0.39 is 0 Å². The van der Waals surface area contributed by atoms with Gasteiger partial charge < -0.3 is 10.6 Å². The van der Waals surface area contributed by atoms with Crippen molar-refractivity contribution in [1.29, 1.82) is 0 Å². The topological polar surface area (TPSA) is 46.3 Å². The molecule has 1 aromatic rings. The number of carbonyl (C=O) groups excluding carboxylic acids is 1. The van der Waals surface area contributed by atoms with Gasteiger partial charge >= 0.3 is 0 Å². The molecule has 0 saturated carbocycles. The van der Waals surface area contributed by atoms with Crippen molar-refractivity contribution in [3.8, 4) is 0 Å². The summed E-state index contributed by atoms with van der Waals surface area (Å²) in [6.07, 6.45) is 0.903. The van der Waals surface area contributed by atoms with Crippen molar-refractivity contribution >= 4 is 17.3 Å². The number of nitrogens with zero attached hydrogens (tertiary/aromatic N) is 1. The van der Waals surface area contributed by atoms with Crippen LogP contribution in [0, 0.1) is 0 Å². The lowest BCUT2D eigenvalue weighted by Gasteiger charge is -2.20. The van der Waals surface area contributed by atoms with Crippen molar-refractivity contribution in [2.45, 2.75) is 26.3 Å². The minimum atomic E-state index is 0.0982. The summed E-state index contributed by atoms with van der Waals surface area (Å²) in [6, 6.07) is 5.97. The fourth-order valence-electron chi connectivity index (χ4n) is 2.13.